The monoisotopic (exact) mass is 252 g/mol. The van der Waals surface area contributed by atoms with Crippen molar-refractivity contribution in [1.82, 2.24) is 10.6 Å². The Morgan fingerprint density at radius 3 is 2.33 bits per heavy atom. The van der Waals surface area contributed by atoms with E-state index in [0.717, 1.165) is 11.5 Å². The van der Waals surface area contributed by atoms with E-state index in [-0.39, 0.29) is 11.3 Å². The fraction of sp³-hybridized carbons (Fsp3) is 0.643. The number of nitrogens with one attached hydrogen (secondary N) is 2. The van der Waals surface area contributed by atoms with Gasteiger partial charge in [-0.25, -0.2) is 0 Å². The predicted octanol–water partition coefficient (Wildman–Crippen LogP) is 1.98. The average molecular weight is 252 g/mol. The summed E-state index contributed by atoms with van der Waals surface area (Å²) in [5.74, 6) is 1.77. The number of furan rings is 1. The normalized spacial score (nSPS) is 12.6. The largest absolute Gasteiger partial charge is 0.466 e. The molecule has 1 amide bonds. The second-order valence-electron chi connectivity index (χ2n) is 5.85. The topological polar surface area (TPSA) is 54.3 Å². The van der Waals surface area contributed by atoms with Crippen LogP contribution in [0.4, 0.5) is 0 Å². The van der Waals surface area contributed by atoms with Crippen molar-refractivity contribution in [3.05, 3.63) is 23.7 Å². The van der Waals surface area contributed by atoms with Crippen molar-refractivity contribution in [3.63, 3.8) is 0 Å². The molecule has 0 aliphatic carbocycles. The van der Waals surface area contributed by atoms with Gasteiger partial charge in [0.1, 0.15) is 11.5 Å². The molecule has 0 bridgehead atoms. The Balaban J connectivity index is 2.65. The number of hydrogen-bond donors (Lipinski definition) is 2. The van der Waals surface area contributed by atoms with E-state index in [9.17, 15) is 4.79 Å². The van der Waals surface area contributed by atoms with Crippen LogP contribution in [0.2, 0.25) is 0 Å². The van der Waals surface area contributed by atoms with Gasteiger partial charge in [0.05, 0.1) is 5.54 Å². The number of carbonyl (C=O) groups excluding carboxylic acids is 1. The molecule has 1 rings (SSSR count). The highest BCUT2D eigenvalue weighted by atomic mass is 16.3. The van der Waals surface area contributed by atoms with Gasteiger partial charge < -0.3 is 15.1 Å². The molecule has 0 radical (unpaired) electrons. The van der Waals surface area contributed by atoms with Crippen LogP contribution in [0.15, 0.2) is 16.5 Å². The maximum Gasteiger partial charge on any atom is 0.239 e. The summed E-state index contributed by atoms with van der Waals surface area (Å²) in [6.45, 7) is 10.3. The second kappa shape index (κ2) is 5.14. The maximum absolute atomic E-state index is 12.0. The Labute approximate surface area is 109 Å². The lowest BCUT2D eigenvalue weighted by atomic mass is 9.90. The first-order valence-corrected chi connectivity index (χ1v) is 6.23. The van der Waals surface area contributed by atoms with Crippen molar-refractivity contribution in [2.24, 2.45) is 0 Å². The predicted molar refractivity (Wildman–Crippen MR) is 72.6 cm³/mol. The van der Waals surface area contributed by atoms with Gasteiger partial charge in [0.15, 0.2) is 0 Å². The van der Waals surface area contributed by atoms with E-state index in [4.69, 9.17) is 4.42 Å². The summed E-state index contributed by atoms with van der Waals surface area (Å²) in [5, 5.41) is 5.95. The minimum atomic E-state index is -0.560. The summed E-state index contributed by atoms with van der Waals surface area (Å²) in [5.41, 5.74) is -0.775. The van der Waals surface area contributed by atoms with Crippen LogP contribution in [0, 0.1) is 6.92 Å². The second-order valence-corrected chi connectivity index (χ2v) is 5.85. The fourth-order valence-electron chi connectivity index (χ4n) is 1.52. The Kier molecular flexibility index (Phi) is 4.22. The van der Waals surface area contributed by atoms with Crippen molar-refractivity contribution in [1.29, 1.82) is 0 Å². The third-order valence-electron chi connectivity index (χ3n) is 3.29. The molecule has 4 heteroatoms. The van der Waals surface area contributed by atoms with Gasteiger partial charge in [-0.15, -0.1) is 0 Å². The van der Waals surface area contributed by atoms with E-state index in [1.807, 2.05) is 32.9 Å². The van der Waals surface area contributed by atoms with Crippen LogP contribution in [0.3, 0.4) is 0 Å². The van der Waals surface area contributed by atoms with Crippen molar-refractivity contribution in [3.8, 4) is 0 Å². The molecule has 18 heavy (non-hydrogen) atoms. The molecule has 0 saturated heterocycles. The summed E-state index contributed by atoms with van der Waals surface area (Å²) >= 11 is 0. The molecular formula is C14H24N2O2. The number of hydrogen-bond acceptors (Lipinski definition) is 3. The van der Waals surface area contributed by atoms with E-state index in [1.165, 1.54) is 0 Å². The van der Waals surface area contributed by atoms with Gasteiger partial charge >= 0.3 is 0 Å². The van der Waals surface area contributed by atoms with E-state index in [1.54, 1.807) is 7.05 Å². The Bertz CT molecular complexity index is 419. The van der Waals surface area contributed by atoms with Crippen molar-refractivity contribution < 1.29 is 9.21 Å². The van der Waals surface area contributed by atoms with Crippen molar-refractivity contribution in [2.75, 3.05) is 13.6 Å². The Hall–Kier alpha value is -1.29. The molecule has 4 nitrogen and oxygen atoms in total. The maximum atomic E-state index is 12.0. The zero-order valence-corrected chi connectivity index (χ0v) is 12.2. The summed E-state index contributed by atoms with van der Waals surface area (Å²) < 4.78 is 5.63. The smallest absolute Gasteiger partial charge is 0.239 e. The molecular weight excluding hydrogens is 228 g/mol. The molecule has 0 aliphatic heterocycles. The first-order valence-electron chi connectivity index (χ1n) is 6.23. The first-order chi connectivity index (χ1) is 8.19. The Morgan fingerprint density at radius 1 is 1.28 bits per heavy atom. The van der Waals surface area contributed by atoms with Gasteiger partial charge in [0.2, 0.25) is 5.91 Å². The van der Waals surface area contributed by atoms with E-state index >= 15 is 0 Å². The Morgan fingerprint density at radius 2 is 1.89 bits per heavy atom. The summed E-state index contributed by atoms with van der Waals surface area (Å²) in [6, 6.07) is 3.90. The highest BCUT2D eigenvalue weighted by molar-refractivity contribution is 5.85. The molecule has 0 spiro atoms. The number of amides is 1. The summed E-state index contributed by atoms with van der Waals surface area (Å²) in [6.07, 6.45) is 0. The van der Waals surface area contributed by atoms with Gasteiger partial charge in [-0.2, -0.15) is 0 Å². The summed E-state index contributed by atoms with van der Waals surface area (Å²) in [7, 11) is 1.78. The van der Waals surface area contributed by atoms with E-state index < -0.39 is 5.54 Å². The quantitative estimate of drug-likeness (QED) is 0.842. The van der Waals surface area contributed by atoms with Crippen LogP contribution in [-0.2, 0) is 10.2 Å². The molecule has 2 N–H and O–H groups in total. The molecule has 0 fully saturated rings. The third-order valence-corrected chi connectivity index (χ3v) is 3.29. The van der Waals surface area contributed by atoms with Gasteiger partial charge in [0.25, 0.3) is 0 Å². The van der Waals surface area contributed by atoms with Crippen molar-refractivity contribution >= 4 is 5.91 Å². The van der Waals surface area contributed by atoms with Crippen LogP contribution in [0.1, 0.15) is 39.2 Å². The standard InChI is InChI=1S/C14H24N2O2/c1-10-7-8-11(18-10)13(2,3)9-16-12(17)14(4,5)15-6/h7-8,15H,9H2,1-6H3,(H,16,17). The molecule has 0 aromatic carbocycles. The van der Waals surface area contributed by atoms with Crippen LogP contribution >= 0.6 is 0 Å². The minimum absolute atomic E-state index is 0.0126. The molecule has 1 aromatic rings. The molecule has 0 aliphatic rings. The lowest BCUT2D eigenvalue weighted by Gasteiger charge is -2.27. The summed E-state index contributed by atoms with van der Waals surface area (Å²) in [4.78, 5) is 12.0. The number of carbonyl (C=O) groups is 1. The van der Waals surface area contributed by atoms with Crippen molar-refractivity contribution in [2.45, 2.75) is 45.6 Å². The molecule has 1 heterocycles. The highest BCUT2D eigenvalue weighted by Gasteiger charge is 2.29. The third kappa shape index (κ3) is 3.35. The average Bonchev–Trinajstić information content (AvgIpc) is 2.73. The number of likely N-dealkylation sites (N-methyl/N-ethyl adjacent to an activating group) is 1. The highest BCUT2D eigenvalue weighted by Crippen LogP contribution is 2.24. The van der Waals surface area contributed by atoms with Crippen LogP contribution in [0.25, 0.3) is 0 Å². The zero-order valence-electron chi connectivity index (χ0n) is 12.2. The minimum Gasteiger partial charge on any atom is -0.466 e. The van der Waals surface area contributed by atoms with Gasteiger partial charge in [0, 0.05) is 12.0 Å². The molecule has 0 saturated carbocycles. The van der Waals surface area contributed by atoms with Crippen LogP contribution < -0.4 is 10.6 Å². The molecule has 102 valence electrons. The lowest BCUT2D eigenvalue weighted by molar-refractivity contribution is -0.126. The molecule has 1 aromatic heterocycles. The fourth-order valence-corrected chi connectivity index (χ4v) is 1.52. The zero-order chi connectivity index (χ0) is 14.0. The van der Waals surface area contributed by atoms with Gasteiger partial charge in [-0.05, 0) is 40.0 Å². The number of aryl methyl sites for hydroxylation is 1. The van der Waals surface area contributed by atoms with Crippen LogP contribution in [0.5, 0.6) is 0 Å². The number of rotatable bonds is 5. The van der Waals surface area contributed by atoms with E-state index in [2.05, 4.69) is 24.5 Å². The SMILES string of the molecule is CNC(C)(C)C(=O)NCC(C)(C)c1ccc(C)o1. The molecule has 0 unspecified atom stereocenters. The van der Waals surface area contributed by atoms with E-state index in [0.29, 0.717) is 6.54 Å². The van der Waals surface area contributed by atoms with Crippen LogP contribution in [-0.4, -0.2) is 25.0 Å². The lowest BCUT2D eigenvalue weighted by Crippen LogP contribution is -2.53. The first kappa shape index (κ1) is 14.8. The van der Waals surface area contributed by atoms with Gasteiger partial charge in [-0.1, -0.05) is 13.8 Å². The molecule has 0 atom stereocenters. The van der Waals surface area contributed by atoms with Gasteiger partial charge in [-0.3, -0.25) is 4.79 Å².